The molecule has 1 saturated heterocycles. The monoisotopic (exact) mass is 490 g/mol. The highest BCUT2D eigenvalue weighted by atomic mass is 32.2. The summed E-state index contributed by atoms with van der Waals surface area (Å²) >= 11 is 0. The normalized spacial score (nSPS) is 14.6. The predicted octanol–water partition coefficient (Wildman–Crippen LogP) is 0.681. The highest BCUT2D eigenvalue weighted by Gasteiger charge is 2.30. The van der Waals surface area contributed by atoms with E-state index in [-0.39, 0.29) is 48.2 Å². The molecule has 0 unspecified atom stereocenters. The van der Waals surface area contributed by atoms with Gasteiger partial charge in [-0.15, -0.1) is 0 Å². The van der Waals surface area contributed by atoms with Gasteiger partial charge in [0.15, 0.2) is 6.61 Å². The summed E-state index contributed by atoms with van der Waals surface area (Å²) < 4.78 is 42.8. The van der Waals surface area contributed by atoms with E-state index in [0.717, 1.165) is 0 Å². The molecule has 1 fully saturated rings. The molecular formula is C21H22N4O8S. The maximum absolute atomic E-state index is 13.1. The number of methoxy groups -OCH3 is 1. The van der Waals surface area contributed by atoms with Crippen molar-refractivity contribution in [1.29, 1.82) is 0 Å². The SMILES string of the molecule is COc1ccc(C(=O)OCC(=O)Nc2ccc3[nH]c(=O)[nH]c3c2)cc1S(=O)(=O)N1CCOCC1. The number of carbonyl (C=O) groups excluding carboxylic acids is 2. The van der Waals surface area contributed by atoms with Crippen molar-refractivity contribution in [3.8, 4) is 5.75 Å². The summed E-state index contributed by atoms with van der Waals surface area (Å²) in [7, 11) is -2.61. The number of hydrogen-bond acceptors (Lipinski definition) is 8. The van der Waals surface area contributed by atoms with Crippen LogP contribution in [0.1, 0.15) is 10.4 Å². The second-order valence-corrected chi connectivity index (χ2v) is 9.25. The standard InChI is InChI=1S/C21H22N4O8S/c1-31-17-5-2-13(10-18(17)34(29,30)25-6-8-32-9-7-25)20(27)33-12-19(26)22-14-3-4-15-16(11-14)24-21(28)23-15/h2-5,10-11H,6-9,12H2,1H3,(H,22,26)(H2,23,24,28). The summed E-state index contributed by atoms with van der Waals surface area (Å²) in [5.41, 5.74) is 1.06. The second-order valence-electron chi connectivity index (χ2n) is 7.35. The van der Waals surface area contributed by atoms with Crippen molar-refractivity contribution in [3.63, 3.8) is 0 Å². The van der Waals surface area contributed by atoms with Gasteiger partial charge in [-0.3, -0.25) is 4.79 Å². The molecule has 3 N–H and O–H groups in total. The lowest BCUT2D eigenvalue weighted by Gasteiger charge is -2.26. The van der Waals surface area contributed by atoms with E-state index in [0.29, 0.717) is 16.7 Å². The number of aromatic amines is 2. The van der Waals surface area contributed by atoms with E-state index in [9.17, 15) is 22.8 Å². The lowest BCUT2D eigenvalue weighted by atomic mass is 10.2. The number of imidazole rings is 1. The van der Waals surface area contributed by atoms with Gasteiger partial charge < -0.3 is 29.5 Å². The van der Waals surface area contributed by atoms with Crippen LogP contribution in [0.5, 0.6) is 5.75 Å². The van der Waals surface area contributed by atoms with Crippen LogP contribution >= 0.6 is 0 Å². The minimum Gasteiger partial charge on any atom is -0.495 e. The second kappa shape index (κ2) is 9.67. The van der Waals surface area contributed by atoms with Crippen LogP contribution in [-0.4, -0.2) is 74.6 Å². The van der Waals surface area contributed by atoms with Gasteiger partial charge in [0.1, 0.15) is 10.6 Å². The molecule has 3 aromatic rings. The zero-order chi connectivity index (χ0) is 24.3. The summed E-state index contributed by atoms with van der Waals surface area (Å²) in [4.78, 5) is 41.1. The Balaban J connectivity index is 1.44. The lowest BCUT2D eigenvalue weighted by Crippen LogP contribution is -2.40. The Bertz CT molecular complexity index is 1390. The van der Waals surface area contributed by atoms with Crippen molar-refractivity contribution in [2.75, 3.05) is 45.3 Å². The number of amides is 1. The summed E-state index contributed by atoms with van der Waals surface area (Å²) in [5, 5.41) is 2.56. The van der Waals surface area contributed by atoms with Crippen molar-refractivity contribution in [2.24, 2.45) is 0 Å². The zero-order valence-corrected chi connectivity index (χ0v) is 18.9. The topological polar surface area (TPSA) is 160 Å². The number of hydrogen-bond donors (Lipinski definition) is 3. The van der Waals surface area contributed by atoms with Crippen molar-refractivity contribution in [1.82, 2.24) is 14.3 Å². The van der Waals surface area contributed by atoms with Crippen molar-refractivity contribution < 1.29 is 32.2 Å². The quantitative estimate of drug-likeness (QED) is 0.408. The van der Waals surface area contributed by atoms with Gasteiger partial charge in [0.25, 0.3) is 5.91 Å². The van der Waals surface area contributed by atoms with Crippen molar-refractivity contribution >= 4 is 38.6 Å². The fourth-order valence-electron chi connectivity index (χ4n) is 3.45. The molecule has 1 aliphatic rings. The molecule has 34 heavy (non-hydrogen) atoms. The number of ether oxygens (including phenoxy) is 3. The Hall–Kier alpha value is -3.68. The molecule has 180 valence electrons. The van der Waals surface area contributed by atoms with E-state index in [1.165, 1.54) is 29.6 Å². The fraction of sp³-hybridized carbons (Fsp3) is 0.286. The minimum atomic E-state index is -3.94. The number of aromatic nitrogens is 2. The Morgan fingerprint density at radius 3 is 2.56 bits per heavy atom. The number of sulfonamides is 1. The summed E-state index contributed by atoms with van der Waals surface area (Å²) in [6.07, 6.45) is 0. The molecule has 0 radical (unpaired) electrons. The first-order valence-electron chi connectivity index (χ1n) is 10.2. The van der Waals surface area contributed by atoms with Gasteiger partial charge in [0.2, 0.25) is 10.0 Å². The molecule has 0 saturated carbocycles. The van der Waals surface area contributed by atoms with Crippen molar-refractivity contribution in [3.05, 3.63) is 52.4 Å². The molecular weight excluding hydrogens is 468 g/mol. The van der Waals surface area contributed by atoms with Gasteiger partial charge in [0.05, 0.1) is 36.9 Å². The molecule has 1 aromatic heterocycles. The number of morpholine rings is 1. The van der Waals surface area contributed by atoms with E-state index in [1.807, 2.05) is 0 Å². The maximum atomic E-state index is 13.1. The highest BCUT2D eigenvalue weighted by Crippen LogP contribution is 2.28. The largest absolute Gasteiger partial charge is 0.495 e. The molecule has 13 heteroatoms. The Kier molecular flexibility index (Phi) is 6.68. The molecule has 2 aromatic carbocycles. The smallest absolute Gasteiger partial charge is 0.338 e. The summed E-state index contributed by atoms with van der Waals surface area (Å²) in [6, 6.07) is 8.63. The molecule has 4 rings (SSSR count). The first kappa shape index (κ1) is 23.5. The number of H-pyrrole nitrogens is 2. The first-order chi connectivity index (χ1) is 16.3. The molecule has 1 aliphatic heterocycles. The molecule has 2 heterocycles. The highest BCUT2D eigenvalue weighted by molar-refractivity contribution is 7.89. The van der Waals surface area contributed by atoms with Crippen LogP contribution in [0.3, 0.4) is 0 Å². The first-order valence-corrected chi connectivity index (χ1v) is 11.7. The van der Waals surface area contributed by atoms with Gasteiger partial charge in [-0.2, -0.15) is 4.31 Å². The van der Waals surface area contributed by atoms with E-state index in [2.05, 4.69) is 15.3 Å². The summed E-state index contributed by atoms with van der Waals surface area (Å²) in [6.45, 7) is 0.306. The molecule has 0 atom stereocenters. The maximum Gasteiger partial charge on any atom is 0.338 e. The summed E-state index contributed by atoms with van der Waals surface area (Å²) in [5.74, 6) is -1.40. The lowest BCUT2D eigenvalue weighted by molar-refractivity contribution is -0.119. The number of carbonyl (C=O) groups is 2. The van der Waals surface area contributed by atoms with Gasteiger partial charge in [-0.1, -0.05) is 0 Å². The number of fused-ring (bicyclic) bond motifs is 1. The molecule has 0 bridgehead atoms. The molecule has 1 amide bonds. The van der Waals surface area contributed by atoms with Gasteiger partial charge in [-0.05, 0) is 36.4 Å². The number of esters is 1. The van der Waals surface area contributed by atoms with Crippen LogP contribution in [0.15, 0.2) is 46.1 Å². The minimum absolute atomic E-state index is 0.0493. The average Bonchev–Trinajstić information content (AvgIpc) is 3.22. The van der Waals surface area contributed by atoms with Crippen LogP contribution in [0, 0.1) is 0 Å². The third kappa shape index (κ3) is 4.95. The van der Waals surface area contributed by atoms with E-state index < -0.39 is 28.5 Å². The van der Waals surface area contributed by atoms with Crippen LogP contribution in [0.4, 0.5) is 5.69 Å². The average molecular weight is 490 g/mol. The third-order valence-electron chi connectivity index (χ3n) is 5.12. The van der Waals surface area contributed by atoms with Crippen LogP contribution in [0.25, 0.3) is 11.0 Å². The predicted molar refractivity (Wildman–Crippen MR) is 120 cm³/mol. The van der Waals surface area contributed by atoms with Crippen LogP contribution in [-0.2, 0) is 24.3 Å². The number of benzene rings is 2. The Labute approximate surface area is 193 Å². The van der Waals surface area contributed by atoms with E-state index in [1.54, 1.807) is 18.2 Å². The van der Waals surface area contributed by atoms with E-state index in [4.69, 9.17) is 14.2 Å². The zero-order valence-electron chi connectivity index (χ0n) is 18.1. The Morgan fingerprint density at radius 2 is 1.82 bits per heavy atom. The number of nitrogens with zero attached hydrogens (tertiary/aromatic N) is 1. The molecule has 0 spiro atoms. The number of nitrogens with one attached hydrogen (secondary N) is 3. The number of anilines is 1. The van der Waals surface area contributed by atoms with Crippen LogP contribution < -0.4 is 15.7 Å². The fourth-order valence-corrected chi connectivity index (χ4v) is 5.04. The molecule has 12 nitrogen and oxygen atoms in total. The third-order valence-corrected chi connectivity index (χ3v) is 7.04. The van der Waals surface area contributed by atoms with Gasteiger partial charge in [-0.25, -0.2) is 18.0 Å². The van der Waals surface area contributed by atoms with E-state index >= 15 is 0 Å². The Morgan fingerprint density at radius 1 is 1.09 bits per heavy atom. The molecule has 0 aliphatic carbocycles. The van der Waals surface area contributed by atoms with Gasteiger partial charge >= 0.3 is 11.7 Å². The van der Waals surface area contributed by atoms with Crippen molar-refractivity contribution in [2.45, 2.75) is 4.90 Å². The van der Waals surface area contributed by atoms with Crippen LogP contribution in [0.2, 0.25) is 0 Å². The van der Waals surface area contributed by atoms with Gasteiger partial charge in [0, 0.05) is 18.8 Å². The number of rotatable bonds is 7.